The maximum Gasteiger partial charge on any atom is 0.418 e. The number of hydrogen-bond acceptors (Lipinski definition) is 6. The number of rotatable bonds is 5. The molecular formula is C20H16F3N5O5S. The minimum atomic E-state index is -4.84. The van der Waals surface area contributed by atoms with Crippen LogP contribution in [0.1, 0.15) is 5.56 Å². The molecule has 14 heteroatoms. The van der Waals surface area contributed by atoms with Gasteiger partial charge in [-0.15, -0.1) is 0 Å². The van der Waals surface area contributed by atoms with E-state index in [4.69, 9.17) is 4.74 Å². The van der Waals surface area contributed by atoms with Crippen molar-refractivity contribution in [1.82, 2.24) is 19.2 Å². The molecule has 2 heterocycles. The fourth-order valence-corrected chi connectivity index (χ4v) is 3.80. The monoisotopic (exact) mass is 495 g/mol. The van der Waals surface area contributed by atoms with Gasteiger partial charge in [-0.3, -0.25) is 4.79 Å². The Labute approximate surface area is 189 Å². The molecule has 2 aromatic carbocycles. The van der Waals surface area contributed by atoms with Crippen LogP contribution in [0.3, 0.4) is 0 Å². The van der Waals surface area contributed by atoms with Gasteiger partial charge in [0, 0.05) is 11.8 Å². The van der Waals surface area contributed by atoms with Crippen LogP contribution < -0.4 is 20.8 Å². The van der Waals surface area contributed by atoms with Crippen molar-refractivity contribution in [2.24, 2.45) is 0 Å². The molecule has 34 heavy (non-hydrogen) atoms. The summed E-state index contributed by atoms with van der Waals surface area (Å²) in [7, 11) is -2.53. The topological polar surface area (TPSA) is 128 Å². The fraction of sp³-hybridized carbons (Fsp3) is 0.150. The zero-order valence-electron chi connectivity index (χ0n) is 17.5. The predicted octanol–water partition coefficient (Wildman–Crippen LogP) is 2.07. The lowest BCUT2D eigenvalue weighted by Gasteiger charge is -2.15. The van der Waals surface area contributed by atoms with Gasteiger partial charge in [0.05, 0.1) is 47.5 Å². The van der Waals surface area contributed by atoms with E-state index in [1.165, 1.54) is 13.3 Å². The van der Waals surface area contributed by atoms with Crippen LogP contribution in [0.5, 0.6) is 5.75 Å². The molecule has 0 fully saturated rings. The van der Waals surface area contributed by atoms with E-state index in [1.54, 1.807) is 29.1 Å². The minimum Gasteiger partial charge on any atom is -0.497 e. The summed E-state index contributed by atoms with van der Waals surface area (Å²) in [6.45, 7) is 0. The molecule has 0 aliphatic rings. The first-order chi connectivity index (χ1) is 15.9. The summed E-state index contributed by atoms with van der Waals surface area (Å²) in [6.07, 6.45) is -1.63. The van der Waals surface area contributed by atoms with E-state index in [0.717, 1.165) is 17.0 Å². The molecule has 0 amide bonds. The van der Waals surface area contributed by atoms with Gasteiger partial charge in [0.25, 0.3) is 5.56 Å². The van der Waals surface area contributed by atoms with Gasteiger partial charge in [-0.25, -0.2) is 23.0 Å². The molecule has 10 nitrogen and oxygen atoms in total. The molecule has 0 bridgehead atoms. The Hall–Kier alpha value is -4.07. The Kier molecular flexibility index (Phi) is 5.47. The van der Waals surface area contributed by atoms with Gasteiger partial charge in [-0.2, -0.15) is 17.8 Å². The first-order valence-electron chi connectivity index (χ1n) is 9.44. The maximum absolute atomic E-state index is 13.9. The van der Waals surface area contributed by atoms with E-state index >= 15 is 0 Å². The van der Waals surface area contributed by atoms with E-state index in [-0.39, 0.29) is 10.1 Å². The third kappa shape index (κ3) is 4.39. The number of hydrogen-bond donors (Lipinski definition) is 2. The average Bonchev–Trinajstić information content (AvgIpc) is 3.25. The molecule has 0 aliphatic carbocycles. The maximum atomic E-state index is 13.9. The number of ether oxygens (including phenoxy) is 1. The molecule has 0 radical (unpaired) electrons. The highest BCUT2D eigenvalue weighted by atomic mass is 32.2. The Morgan fingerprint density at radius 2 is 1.79 bits per heavy atom. The van der Waals surface area contributed by atoms with E-state index in [0.29, 0.717) is 29.3 Å². The Balaban J connectivity index is 1.93. The lowest BCUT2D eigenvalue weighted by molar-refractivity contribution is -0.137. The number of imidazole rings is 1. The molecule has 0 aliphatic heterocycles. The molecular weight excluding hydrogens is 479 g/mol. The van der Waals surface area contributed by atoms with E-state index in [9.17, 15) is 31.2 Å². The van der Waals surface area contributed by atoms with Crippen molar-refractivity contribution in [1.29, 1.82) is 0 Å². The minimum absolute atomic E-state index is 0.172. The number of aromatic amines is 1. The number of methoxy groups -OCH3 is 1. The summed E-state index contributed by atoms with van der Waals surface area (Å²) in [5.74, 6) is 0.588. The molecule has 0 saturated heterocycles. The summed E-state index contributed by atoms with van der Waals surface area (Å²) in [4.78, 5) is 32.9. The van der Waals surface area contributed by atoms with Gasteiger partial charge in [-0.05, 0) is 36.4 Å². The largest absolute Gasteiger partial charge is 0.497 e. The van der Waals surface area contributed by atoms with Crippen LogP contribution in [-0.2, 0) is 16.2 Å². The molecule has 2 aromatic heterocycles. The van der Waals surface area contributed by atoms with Crippen LogP contribution in [0.4, 0.5) is 13.2 Å². The predicted molar refractivity (Wildman–Crippen MR) is 117 cm³/mol. The molecule has 0 atom stereocenters. The third-order valence-electron chi connectivity index (χ3n) is 4.82. The zero-order valence-corrected chi connectivity index (χ0v) is 18.4. The number of fused-ring (bicyclic) bond motifs is 1. The quantitative estimate of drug-likeness (QED) is 0.436. The van der Waals surface area contributed by atoms with Crippen LogP contribution in [-0.4, -0.2) is 41.0 Å². The van der Waals surface area contributed by atoms with E-state index < -0.39 is 44.2 Å². The number of benzene rings is 2. The SMILES string of the molecule is COc1ccc(-c2cn(-c3cc4c(=O)n(NS(C)(=O)=O)c(=O)[nH]c4cc3C(F)(F)F)cn2)cc1. The summed E-state index contributed by atoms with van der Waals surface area (Å²) in [6, 6.07) is 8.22. The lowest BCUT2D eigenvalue weighted by Crippen LogP contribution is -2.43. The Morgan fingerprint density at radius 1 is 1.12 bits per heavy atom. The van der Waals surface area contributed by atoms with Gasteiger partial charge in [-0.1, -0.05) is 0 Å². The molecule has 0 spiro atoms. The summed E-state index contributed by atoms with van der Waals surface area (Å²) in [5, 5.41) is -0.349. The summed E-state index contributed by atoms with van der Waals surface area (Å²) >= 11 is 0. The van der Waals surface area contributed by atoms with Gasteiger partial charge in [0.15, 0.2) is 0 Å². The van der Waals surface area contributed by atoms with Crippen molar-refractivity contribution in [3.05, 3.63) is 75.3 Å². The number of H-pyrrole nitrogens is 1. The smallest absolute Gasteiger partial charge is 0.418 e. The first kappa shape index (κ1) is 23.1. The molecule has 4 rings (SSSR count). The van der Waals surface area contributed by atoms with Gasteiger partial charge < -0.3 is 14.3 Å². The Morgan fingerprint density at radius 3 is 2.38 bits per heavy atom. The molecule has 4 aromatic rings. The van der Waals surface area contributed by atoms with Gasteiger partial charge in [0.1, 0.15) is 5.75 Å². The second-order valence-electron chi connectivity index (χ2n) is 7.24. The zero-order chi connectivity index (χ0) is 24.8. The van der Waals surface area contributed by atoms with Crippen molar-refractivity contribution in [3.8, 4) is 22.7 Å². The standard InChI is InChI=1S/C20H16F3N5O5S/c1-33-12-5-3-11(4-6-12)16-9-27(10-24-16)17-7-13-15(8-14(17)20(21,22)23)25-19(30)28(18(13)29)26-34(2,31)32/h3-10,26H,1-2H3,(H,25,30). The van der Waals surface area contributed by atoms with Crippen molar-refractivity contribution in [2.75, 3.05) is 18.2 Å². The van der Waals surface area contributed by atoms with Crippen LogP contribution in [0, 0.1) is 0 Å². The van der Waals surface area contributed by atoms with Gasteiger partial charge in [0.2, 0.25) is 10.0 Å². The number of alkyl halides is 3. The van der Waals surface area contributed by atoms with Crippen molar-refractivity contribution >= 4 is 20.9 Å². The van der Waals surface area contributed by atoms with Crippen molar-refractivity contribution in [3.63, 3.8) is 0 Å². The number of nitrogens with one attached hydrogen (secondary N) is 2. The lowest BCUT2D eigenvalue weighted by atomic mass is 10.1. The normalized spacial score (nSPS) is 12.1. The van der Waals surface area contributed by atoms with Gasteiger partial charge >= 0.3 is 11.9 Å². The highest BCUT2D eigenvalue weighted by Crippen LogP contribution is 2.36. The first-order valence-corrected chi connectivity index (χ1v) is 11.3. The highest BCUT2D eigenvalue weighted by Gasteiger charge is 2.35. The average molecular weight is 495 g/mol. The summed E-state index contributed by atoms with van der Waals surface area (Å²) in [5.41, 5.74) is -3.41. The third-order valence-corrected chi connectivity index (χ3v) is 5.34. The summed E-state index contributed by atoms with van der Waals surface area (Å²) < 4.78 is 70.9. The van der Waals surface area contributed by atoms with Crippen LogP contribution >= 0.6 is 0 Å². The van der Waals surface area contributed by atoms with Crippen molar-refractivity contribution in [2.45, 2.75) is 6.18 Å². The molecule has 0 unspecified atom stereocenters. The second kappa shape index (κ2) is 8.06. The van der Waals surface area contributed by atoms with Crippen LogP contribution in [0.2, 0.25) is 0 Å². The Bertz CT molecular complexity index is 1620. The van der Waals surface area contributed by atoms with E-state index in [2.05, 4.69) is 9.97 Å². The number of nitrogens with zero attached hydrogens (tertiary/aromatic N) is 3. The van der Waals surface area contributed by atoms with Crippen LogP contribution in [0.25, 0.3) is 27.8 Å². The van der Waals surface area contributed by atoms with Crippen molar-refractivity contribution < 1.29 is 26.3 Å². The molecule has 0 saturated carbocycles. The number of halogens is 3. The fourth-order valence-electron chi connectivity index (χ4n) is 3.31. The molecule has 178 valence electrons. The highest BCUT2D eigenvalue weighted by molar-refractivity contribution is 7.91. The second-order valence-corrected chi connectivity index (χ2v) is 8.97. The number of aromatic nitrogens is 4. The van der Waals surface area contributed by atoms with E-state index in [1.807, 2.05) is 0 Å². The van der Waals surface area contributed by atoms with Crippen LogP contribution in [0.15, 0.2) is 58.5 Å². The molecule has 2 N–H and O–H groups in total. The number of sulfonamides is 1.